The van der Waals surface area contributed by atoms with Crippen LogP contribution >= 0.6 is 11.6 Å². The second kappa shape index (κ2) is 8.01. The quantitative estimate of drug-likeness (QED) is 0.427. The van der Waals surface area contributed by atoms with Gasteiger partial charge in [0.1, 0.15) is 25.9 Å². The molecule has 14 heteroatoms. The fraction of sp³-hybridized carbons (Fsp3) is 0.118. The molecule has 0 aliphatic rings. The van der Waals surface area contributed by atoms with E-state index in [1.54, 1.807) is 0 Å². The smallest absolute Gasteiger partial charge is 0.299 e. The molecule has 0 aliphatic carbocycles. The van der Waals surface area contributed by atoms with Gasteiger partial charge in [-0.05, 0) is 49.7 Å². The van der Waals surface area contributed by atoms with E-state index in [2.05, 4.69) is 15.3 Å². The van der Waals surface area contributed by atoms with Gasteiger partial charge >= 0.3 is 0 Å². The summed E-state index contributed by atoms with van der Waals surface area (Å²) in [6.07, 6.45) is 0. The highest BCUT2D eigenvalue weighted by molar-refractivity contribution is 7.86. The number of azo groups is 1. The van der Waals surface area contributed by atoms with E-state index in [4.69, 9.17) is 11.6 Å². The van der Waals surface area contributed by atoms with Gasteiger partial charge in [0.25, 0.3) is 5.56 Å². The van der Waals surface area contributed by atoms with Crippen molar-refractivity contribution in [3.63, 3.8) is 0 Å². The third-order valence-corrected chi connectivity index (χ3v) is 6.28. The average molecular weight is 485 g/mol. The van der Waals surface area contributed by atoms with Crippen molar-refractivity contribution in [2.75, 3.05) is 0 Å². The average Bonchev–Trinajstić information content (AvgIpc) is 2.95. The van der Waals surface area contributed by atoms with Crippen molar-refractivity contribution in [1.29, 1.82) is 0 Å². The number of halogens is 1. The molecular weight excluding hydrogens is 472 g/mol. The third kappa shape index (κ3) is 4.75. The van der Waals surface area contributed by atoms with E-state index in [1.165, 1.54) is 26.0 Å². The molecule has 0 saturated heterocycles. The van der Waals surface area contributed by atoms with Crippen LogP contribution in [-0.4, -0.2) is 35.7 Å². The first-order chi connectivity index (χ1) is 14.3. The van der Waals surface area contributed by atoms with Crippen LogP contribution < -0.4 is 5.56 Å². The molecule has 0 fully saturated rings. The molecule has 0 saturated carbocycles. The molecule has 0 aliphatic heterocycles. The first-order valence-electron chi connectivity index (χ1n) is 8.35. The molecule has 1 N–H and O–H groups in total. The summed E-state index contributed by atoms with van der Waals surface area (Å²) in [7, 11) is -9.64. The highest BCUT2D eigenvalue weighted by Crippen LogP contribution is 2.31. The van der Waals surface area contributed by atoms with Gasteiger partial charge in [-0.2, -0.15) is 0 Å². The summed E-state index contributed by atoms with van der Waals surface area (Å²) in [5.41, 5.74) is -0.755. The van der Waals surface area contributed by atoms with Crippen LogP contribution in [0, 0.1) is 13.8 Å². The Bertz CT molecular complexity index is 1490. The number of hydrogen-bond donors (Lipinski definition) is 1. The molecule has 164 valence electrons. The number of nitrogens with one attached hydrogen (secondary N) is 1. The fourth-order valence-electron chi connectivity index (χ4n) is 2.64. The van der Waals surface area contributed by atoms with Gasteiger partial charge in [-0.1, -0.05) is 17.7 Å². The molecular formula is C17H13ClN4O7S2-2. The molecule has 1 heterocycles. The van der Waals surface area contributed by atoms with E-state index in [0.717, 1.165) is 28.9 Å². The zero-order valence-electron chi connectivity index (χ0n) is 15.9. The van der Waals surface area contributed by atoms with Gasteiger partial charge in [-0.25, -0.2) is 21.5 Å². The second-order valence-corrected chi connectivity index (χ2v) is 9.54. The molecule has 3 rings (SSSR count). The monoisotopic (exact) mass is 484 g/mol. The number of benzene rings is 2. The Morgan fingerprint density at radius 2 is 1.68 bits per heavy atom. The van der Waals surface area contributed by atoms with Crippen LogP contribution in [-0.2, 0) is 20.2 Å². The molecule has 0 radical (unpaired) electrons. The van der Waals surface area contributed by atoms with Gasteiger partial charge in [-0.15, -0.1) is 10.2 Å². The Hall–Kier alpha value is -2.84. The highest BCUT2D eigenvalue weighted by atomic mass is 35.5. The Balaban J connectivity index is 2.11. The minimum absolute atomic E-state index is 0.0488. The second-order valence-electron chi connectivity index (χ2n) is 6.40. The van der Waals surface area contributed by atoms with Crippen molar-refractivity contribution < 1.29 is 25.9 Å². The van der Waals surface area contributed by atoms with E-state index >= 15 is 0 Å². The van der Waals surface area contributed by atoms with Gasteiger partial charge in [0, 0.05) is 5.02 Å². The standard InChI is InChI=1S/C17H15ClN4O7S2/c1-9-6-15(31(27,28)29)14(8-13(9)18)19-20-16-10(2)21-22(17(16)23)11-4-3-5-12(7-11)30(24,25)26/h3-8,21H,1-2H3,(H,24,25,26)(H,27,28,29)/p-2. The van der Waals surface area contributed by atoms with Crippen LogP contribution in [0.25, 0.3) is 5.69 Å². The lowest BCUT2D eigenvalue weighted by molar-refractivity contribution is 0.461. The number of aryl methyl sites for hydroxylation is 2. The number of nitrogens with zero attached hydrogens (tertiary/aromatic N) is 3. The van der Waals surface area contributed by atoms with Gasteiger partial charge in [0.05, 0.1) is 21.2 Å². The Kier molecular flexibility index (Phi) is 5.90. The minimum Gasteiger partial charge on any atom is -0.744 e. The van der Waals surface area contributed by atoms with E-state index in [0.29, 0.717) is 5.56 Å². The number of hydrogen-bond acceptors (Lipinski definition) is 9. The number of H-pyrrole nitrogens is 1. The summed E-state index contributed by atoms with van der Waals surface area (Å²) in [5, 5.41) is 10.3. The Morgan fingerprint density at radius 3 is 2.29 bits per heavy atom. The highest BCUT2D eigenvalue weighted by Gasteiger charge is 2.15. The molecule has 1 aromatic heterocycles. The normalized spacial score (nSPS) is 12.5. The molecule has 31 heavy (non-hydrogen) atoms. The maximum atomic E-state index is 12.7. The van der Waals surface area contributed by atoms with E-state index in [-0.39, 0.29) is 27.8 Å². The topological polar surface area (TPSA) is 177 Å². The fourth-order valence-corrected chi connectivity index (χ4v) is 3.99. The van der Waals surface area contributed by atoms with Gasteiger partial charge in [0.15, 0.2) is 5.69 Å². The molecule has 0 amide bonds. The van der Waals surface area contributed by atoms with Crippen molar-refractivity contribution >= 4 is 43.2 Å². The van der Waals surface area contributed by atoms with Gasteiger partial charge in [-0.3, -0.25) is 9.89 Å². The van der Waals surface area contributed by atoms with Crippen LogP contribution in [0.5, 0.6) is 0 Å². The molecule has 0 bridgehead atoms. The summed E-state index contributed by atoms with van der Waals surface area (Å²) >= 11 is 5.97. The van der Waals surface area contributed by atoms with Crippen molar-refractivity contribution in [2.45, 2.75) is 23.6 Å². The molecule has 0 spiro atoms. The SMILES string of the molecule is Cc1cc(S(=O)(=O)[O-])c(N=Nc2c(C)[nH]n(-c3cccc(S(=O)(=O)[O-])c3)c2=O)cc1Cl. The summed E-state index contributed by atoms with van der Waals surface area (Å²) < 4.78 is 69.2. The minimum atomic E-state index is -4.89. The summed E-state index contributed by atoms with van der Waals surface area (Å²) in [6.45, 7) is 2.97. The zero-order valence-corrected chi connectivity index (χ0v) is 18.2. The van der Waals surface area contributed by atoms with E-state index < -0.39 is 35.6 Å². The lowest BCUT2D eigenvalue weighted by atomic mass is 10.2. The molecule has 0 atom stereocenters. The summed E-state index contributed by atoms with van der Waals surface area (Å²) in [4.78, 5) is 11.5. The lowest BCUT2D eigenvalue weighted by Crippen LogP contribution is -2.14. The van der Waals surface area contributed by atoms with Crippen LogP contribution in [0.1, 0.15) is 11.3 Å². The molecule has 0 unspecified atom stereocenters. The van der Waals surface area contributed by atoms with Crippen LogP contribution in [0.15, 0.2) is 61.2 Å². The van der Waals surface area contributed by atoms with Crippen molar-refractivity contribution in [2.24, 2.45) is 10.2 Å². The summed E-state index contributed by atoms with van der Waals surface area (Å²) in [6, 6.07) is 6.94. The largest absolute Gasteiger partial charge is 0.744 e. The van der Waals surface area contributed by atoms with Crippen molar-refractivity contribution in [3.05, 3.63) is 63.0 Å². The van der Waals surface area contributed by atoms with Crippen LogP contribution in [0.3, 0.4) is 0 Å². The first-order valence-corrected chi connectivity index (χ1v) is 11.5. The molecule has 11 nitrogen and oxygen atoms in total. The molecule has 2 aromatic carbocycles. The maximum Gasteiger partial charge on any atom is 0.299 e. The summed E-state index contributed by atoms with van der Waals surface area (Å²) in [5.74, 6) is 0. The lowest BCUT2D eigenvalue weighted by Gasteiger charge is -2.11. The zero-order chi connectivity index (χ0) is 23.1. The number of aromatic amines is 1. The van der Waals surface area contributed by atoms with Crippen molar-refractivity contribution in [3.8, 4) is 5.69 Å². The van der Waals surface area contributed by atoms with Gasteiger partial charge < -0.3 is 9.11 Å². The maximum absolute atomic E-state index is 12.7. The van der Waals surface area contributed by atoms with E-state index in [1.807, 2.05) is 0 Å². The van der Waals surface area contributed by atoms with Gasteiger partial charge in [0.2, 0.25) is 0 Å². The van der Waals surface area contributed by atoms with Crippen molar-refractivity contribution in [1.82, 2.24) is 9.78 Å². The predicted molar refractivity (Wildman–Crippen MR) is 107 cm³/mol. The number of rotatable bonds is 5. The third-order valence-electron chi connectivity index (χ3n) is 4.17. The molecule has 3 aromatic rings. The Labute approximate surface area is 181 Å². The van der Waals surface area contributed by atoms with Crippen LogP contribution in [0.4, 0.5) is 11.4 Å². The first kappa shape index (κ1) is 22.8. The number of aromatic nitrogens is 2. The van der Waals surface area contributed by atoms with Crippen LogP contribution in [0.2, 0.25) is 5.02 Å². The Morgan fingerprint density at radius 1 is 1.00 bits per heavy atom. The predicted octanol–water partition coefficient (Wildman–Crippen LogP) is 2.66. The van der Waals surface area contributed by atoms with E-state index in [9.17, 15) is 30.7 Å².